The summed E-state index contributed by atoms with van der Waals surface area (Å²) in [6.07, 6.45) is 4.12. The molecule has 0 aromatic carbocycles. The molecule has 1 saturated carbocycles. The second kappa shape index (κ2) is 6.86. The van der Waals surface area contributed by atoms with Crippen molar-refractivity contribution in [3.63, 3.8) is 0 Å². The normalized spacial score (nSPS) is 29.5. The van der Waals surface area contributed by atoms with Gasteiger partial charge in [0.1, 0.15) is 5.60 Å². The third kappa shape index (κ3) is 4.35. The standard InChI is InChI=1S/C16H29N3O3/c1-16(2,3)22-15(21)18-12-6-4-5-7-13(12)19-10-11(9-17)8-14(19)20/h11-13H,4-10,17H2,1-3H3,(H,18,21). The molecule has 2 rings (SSSR count). The molecule has 6 nitrogen and oxygen atoms in total. The number of carbonyl (C=O) groups excluding carboxylic acids is 2. The molecule has 1 aliphatic heterocycles. The molecule has 3 atom stereocenters. The molecule has 2 amide bonds. The van der Waals surface area contributed by atoms with Gasteiger partial charge in [-0.25, -0.2) is 4.79 Å². The number of likely N-dealkylation sites (tertiary alicyclic amines) is 1. The molecule has 22 heavy (non-hydrogen) atoms. The van der Waals surface area contributed by atoms with E-state index in [2.05, 4.69) is 5.32 Å². The molecule has 0 bridgehead atoms. The lowest BCUT2D eigenvalue weighted by Gasteiger charge is -2.38. The number of nitrogens with two attached hydrogens (primary N) is 1. The van der Waals surface area contributed by atoms with Crippen molar-refractivity contribution >= 4 is 12.0 Å². The summed E-state index contributed by atoms with van der Waals surface area (Å²) in [4.78, 5) is 26.2. The van der Waals surface area contributed by atoms with Gasteiger partial charge in [-0.2, -0.15) is 0 Å². The van der Waals surface area contributed by atoms with Crippen LogP contribution in [0, 0.1) is 5.92 Å². The van der Waals surface area contributed by atoms with Crippen molar-refractivity contribution in [3.8, 4) is 0 Å². The maximum absolute atomic E-state index is 12.2. The highest BCUT2D eigenvalue weighted by Crippen LogP contribution is 2.29. The highest BCUT2D eigenvalue weighted by Gasteiger charge is 2.39. The molecule has 3 unspecified atom stereocenters. The molecule has 1 heterocycles. The Bertz CT molecular complexity index is 419. The summed E-state index contributed by atoms with van der Waals surface area (Å²) >= 11 is 0. The van der Waals surface area contributed by atoms with Crippen LogP contribution < -0.4 is 11.1 Å². The topological polar surface area (TPSA) is 84.7 Å². The molecule has 126 valence electrons. The fourth-order valence-corrected chi connectivity index (χ4v) is 3.40. The summed E-state index contributed by atoms with van der Waals surface area (Å²) in [5, 5.41) is 2.97. The molecule has 2 aliphatic rings. The Morgan fingerprint density at radius 1 is 1.36 bits per heavy atom. The van der Waals surface area contributed by atoms with Crippen LogP contribution in [0.25, 0.3) is 0 Å². The highest BCUT2D eigenvalue weighted by atomic mass is 16.6. The van der Waals surface area contributed by atoms with Gasteiger partial charge in [-0.05, 0) is 46.1 Å². The number of nitrogens with one attached hydrogen (secondary N) is 1. The van der Waals surface area contributed by atoms with Crippen LogP contribution in [0.15, 0.2) is 0 Å². The summed E-state index contributed by atoms with van der Waals surface area (Å²) in [7, 11) is 0. The van der Waals surface area contributed by atoms with Gasteiger partial charge in [0.2, 0.25) is 5.91 Å². The maximum Gasteiger partial charge on any atom is 0.407 e. The van der Waals surface area contributed by atoms with Gasteiger partial charge < -0.3 is 20.7 Å². The van der Waals surface area contributed by atoms with Crippen LogP contribution in [0.1, 0.15) is 52.9 Å². The second-order valence-electron chi connectivity index (χ2n) is 7.46. The molecule has 0 radical (unpaired) electrons. The van der Waals surface area contributed by atoms with Crippen LogP contribution in [0.3, 0.4) is 0 Å². The lowest BCUT2D eigenvalue weighted by molar-refractivity contribution is -0.130. The van der Waals surface area contributed by atoms with Crippen molar-refractivity contribution in [2.75, 3.05) is 13.1 Å². The fraction of sp³-hybridized carbons (Fsp3) is 0.875. The van der Waals surface area contributed by atoms with Crippen molar-refractivity contribution in [1.82, 2.24) is 10.2 Å². The molecular weight excluding hydrogens is 282 g/mol. The van der Waals surface area contributed by atoms with E-state index >= 15 is 0 Å². The zero-order valence-electron chi connectivity index (χ0n) is 13.9. The summed E-state index contributed by atoms with van der Waals surface area (Å²) in [5.74, 6) is 0.412. The number of rotatable bonds is 3. The minimum absolute atomic E-state index is 0.0240. The molecule has 0 spiro atoms. The number of carbonyl (C=O) groups is 2. The Balaban J connectivity index is 1.99. The molecule has 6 heteroatoms. The van der Waals surface area contributed by atoms with Crippen molar-refractivity contribution in [2.45, 2.75) is 70.6 Å². The van der Waals surface area contributed by atoms with E-state index in [0.29, 0.717) is 19.5 Å². The fourth-order valence-electron chi connectivity index (χ4n) is 3.40. The van der Waals surface area contributed by atoms with E-state index in [-0.39, 0.29) is 23.9 Å². The first-order valence-corrected chi connectivity index (χ1v) is 8.29. The molecular formula is C16H29N3O3. The zero-order chi connectivity index (χ0) is 16.3. The lowest BCUT2D eigenvalue weighted by Crippen LogP contribution is -2.54. The van der Waals surface area contributed by atoms with E-state index in [1.807, 2.05) is 25.7 Å². The minimum atomic E-state index is -0.512. The van der Waals surface area contributed by atoms with E-state index in [1.165, 1.54) is 0 Å². The Labute approximate surface area is 132 Å². The van der Waals surface area contributed by atoms with Gasteiger partial charge in [0, 0.05) is 13.0 Å². The van der Waals surface area contributed by atoms with Crippen LogP contribution in [-0.2, 0) is 9.53 Å². The average Bonchev–Trinajstić information content (AvgIpc) is 2.78. The third-order valence-electron chi connectivity index (χ3n) is 4.40. The highest BCUT2D eigenvalue weighted by molar-refractivity contribution is 5.79. The number of hydrogen-bond acceptors (Lipinski definition) is 4. The van der Waals surface area contributed by atoms with E-state index < -0.39 is 11.7 Å². The predicted molar refractivity (Wildman–Crippen MR) is 84.3 cm³/mol. The largest absolute Gasteiger partial charge is 0.444 e. The van der Waals surface area contributed by atoms with Gasteiger partial charge >= 0.3 is 6.09 Å². The number of amides is 2. The van der Waals surface area contributed by atoms with Crippen molar-refractivity contribution in [3.05, 3.63) is 0 Å². The van der Waals surface area contributed by atoms with Crippen LogP contribution in [0.4, 0.5) is 4.79 Å². The van der Waals surface area contributed by atoms with Crippen LogP contribution in [0.5, 0.6) is 0 Å². The van der Waals surface area contributed by atoms with Crippen molar-refractivity contribution in [1.29, 1.82) is 0 Å². The number of ether oxygens (including phenoxy) is 1. The SMILES string of the molecule is CC(C)(C)OC(=O)NC1CCCCC1N1CC(CN)CC1=O. The first-order chi connectivity index (χ1) is 10.3. The van der Waals surface area contributed by atoms with Crippen LogP contribution in [-0.4, -0.2) is 47.7 Å². The van der Waals surface area contributed by atoms with Gasteiger partial charge in [0.25, 0.3) is 0 Å². The van der Waals surface area contributed by atoms with Gasteiger partial charge in [-0.1, -0.05) is 12.8 Å². The van der Waals surface area contributed by atoms with E-state index in [1.54, 1.807) is 0 Å². The Morgan fingerprint density at radius 3 is 2.64 bits per heavy atom. The van der Waals surface area contributed by atoms with Gasteiger partial charge in [-0.3, -0.25) is 4.79 Å². The Hall–Kier alpha value is -1.30. The maximum atomic E-state index is 12.2. The average molecular weight is 311 g/mol. The van der Waals surface area contributed by atoms with Crippen molar-refractivity contribution < 1.29 is 14.3 Å². The minimum Gasteiger partial charge on any atom is -0.444 e. The third-order valence-corrected chi connectivity index (χ3v) is 4.40. The smallest absolute Gasteiger partial charge is 0.407 e. The molecule has 1 aliphatic carbocycles. The Morgan fingerprint density at radius 2 is 2.05 bits per heavy atom. The summed E-state index contributed by atoms with van der Waals surface area (Å²) in [6.45, 7) is 6.80. The van der Waals surface area contributed by atoms with Gasteiger partial charge in [0.15, 0.2) is 0 Å². The summed E-state index contributed by atoms with van der Waals surface area (Å²) in [6, 6.07) is 0.0504. The first kappa shape index (κ1) is 17.1. The second-order valence-corrected chi connectivity index (χ2v) is 7.46. The summed E-state index contributed by atoms with van der Waals surface area (Å²) < 4.78 is 5.35. The summed E-state index contributed by atoms with van der Waals surface area (Å²) in [5.41, 5.74) is 5.19. The Kier molecular flexibility index (Phi) is 5.32. The van der Waals surface area contributed by atoms with E-state index in [9.17, 15) is 9.59 Å². The first-order valence-electron chi connectivity index (χ1n) is 8.29. The van der Waals surface area contributed by atoms with Crippen molar-refractivity contribution in [2.24, 2.45) is 11.7 Å². The molecule has 0 aromatic heterocycles. The van der Waals surface area contributed by atoms with Crippen LogP contribution in [0.2, 0.25) is 0 Å². The number of hydrogen-bond donors (Lipinski definition) is 2. The number of nitrogens with zero attached hydrogens (tertiary/aromatic N) is 1. The van der Waals surface area contributed by atoms with E-state index in [4.69, 9.17) is 10.5 Å². The molecule has 2 fully saturated rings. The van der Waals surface area contributed by atoms with Crippen LogP contribution >= 0.6 is 0 Å². The van der Waals surface area contributed by atoms with E-state index in [0.717, 1.165) is 25.7 Å². The van der Waals surface area contributed by atoms with Gasteiger partial charge in [-0.15, -0.1) is 0 Å². The monoisotopic (exact) mass is 311 g/mol. The molecule has 0 aromatic rings. The zero-order valence-corrected chi connectivity index (χ0v) is 13.9. The quantitative estimate of drug-likeness (QED) is 0.829. The predicted octanol–water partition coefficient (Wildman–Crippen LogP) is 1.63. The number of alkyl carbamates (subject to hydrolysis) is 1. The molecule has 1 saturated heterocycles. The van der Waals surface area contributed by atoms with Gasteiger partial charge in [0.05, 0.1) is 12.1 Å². The molecule has 3 N–H and O–H groups in total. The lowest BCUT2D eigenvalue weighted by atomic mass is 9.89.